The molecule has 0 aliphatic heterocycles. The van der Waals surface area contributed by atoms with Crippen molar-refractivity contribution in [3.63, 3.8) is 0 Å². The molecule has 0 saturated carbocycles. The van der Waals surface area contributed by atoms with Crippen molar-refractivity contribution in [2.24, 2.45) is 4.99 Å². The van der Waals surface area contributed by atoms with Crippen LogP contribution in [0.4, 0.5) is 11.4 Å². The molecule has 2 aromatic carbocycles. The Balaban J connectivity index is 1.82. The van der Waals surface area contributed by atoms with Gasteiger partial charge in [-0.05, 0) is 60.9 Å². The van der Waals surface area contributed by atoms with Gasteiger partial charge in [0.2, 0.25) is 11.9 Å². The molecule has 1 aromatic heterocycles. The van der Waals surface area contributed by atoms with E-state index in [9.17, 15) is 9.59 Å². The lowest BCUT2D eigenvalue weighted by molar-refractivity contribution is -0.114. The molecule has 0 bridgehead atoms. The number of aryl methyl sites for hydroxylation is 2. The lowest BCUT2D eigenvalue weighted by Crippen LogP contribution is -2.36. The molecule has 3 aromatic rings. The molecule has 0 saturated heterocycles. The molecule has 0 atom stereocenters. The summed E-state index contributed by atoms with van der Waals surface area (Å²) < 4.78 is 0. The van der Waals surface area contributed by atoms with Crippen LogP contribution in [-0.2, 0) is 17.8 Å². The van der Waals surface area contributed by atoms with Gasteiger partial charge in [0.05, 0.1) is 12.2 Å². The summed E-state index contributed by atoms with van der Waals surface area (Å²) in [4.78, 5) is 33.2. The van der Waals surface area contributed by atoms with E-state index in [0.29, 0.717) is 23.8 Å². The van der Waals surface area contributed by atoms with E-state index in [-0.39, 0.29) is 11.8 Å². The van der Waals surface area contributed by atoms with Crippen LogP contribution < -0.4 is 16.0 Å². The molecule has 7 heteroatoms. The van der Waals surface area contributed by atoms with Gasteiger partial charge in [-0.1, -0.05) is 31.2 Å². The van der Waals surface area contributed by atoms with Crippen LogP contribution in [-0.4, -0.2) is 22.8 Å². The minimum atomic E-state index is -0.339. The molecule has 0 unspecified atom stereocenters. The molecular weight excluding hydrogens is 402 g/mol. The second-order valence-corrected chi connectivity index (χ2v) is 7.33. The van der Waals surface area contributed by atoms with Gasteiger partial charge in [0.15, 0.2) is 0 Å². The monoisotopic (exact) mass is 429 g/mol. The van der Waals surface area contributed by atoms with Crippen LogP contribution >= 0.6 is 0 Å². The number of hydrogen-bond donors (Lipinski definition) is 3. The molecule has 7 nitrogen and oxygen atoms in total. The van der Waals surface area contributed by atoms with E-state index in [0.717, 1.165) is 23.4 Å². The summed E-state index contributed by atoms with van der Waals surface area (Å²) in [6.45, 7) is 5.71. The number of rotatable bonds is 6. The van der Waals surface area contributed by atoms with Gasteiger partial charge in [0.1, 0.15) is 0 Å². The maximum absolute atomic E-state index is 12.9. The molecule has 0 aliphatic carbocycles. The third-order valence-corrected chi connectivity index (χ3v) is 4.79. The van der Waals surface area contributed by atoms with Gasteiger partial charge in [-0.3, -0.25) is 19.9 Å². The highest BCUT2D eigenvalue weighted by Gasteiger charge is 2.12. The van der Waals surface area contributed by atoms with E-state index in [1.54, 1.807) is 24.4 Å². The number of anilines is 2. The van der Waals surface area contributed by atoms with E-state index in [2.05, 4.69) is 32.9 Å². The third-order valence-electron chi connectivity index (χ3n) is 4.79. The predicted molar refractivity (Wildman–Crippen MR) is 128 cm³/mol. The van der Waals surface area contributed by atoms with Crippen LogP contribution in [0.5, 0.6) is 0 Å². The quantitative estimate of drug-likeness (QED) is 0.402. The van der Waals surface area contributed by atoms with Crippen molar-refractivity contribution in [3.05, 3.63) is 89.2 Å². The van der Waals surface area contributed by atoms with Crippen molar-refractivity contribution in [1.82, 2.24) is 10.3 Å². The first-order valence-electron chi connectivity index (χ1n) is 10.4. The minimum Gasteiger partial charge on any atom is -0.326 e. The molecule has 3 rings (SSSR count). The fraction of sp³-hybridized carbons (Fsp3) is 0.200. The molecule has 1 heterocycles. The Labute approximate surface area is 188 Å². The normalized spacial score (nSPS) is 11.0. The number of hydrogen-bond acceptors (Lipinski definition) is 4. The highest BCUT2D eigenvalue weighted by Crippen LogP contribution is 2.17. The number of amides is 2. The van der Waals surface area contributed by atoms with Crippen LogP contribution in [0.2, 0.25) is 0 Å². The molecule has 0 spiro atoms. The topological polar surface area (TPSA) is 95.5 Å². The average molecular weight is 430 g/mol. The Morgan fingerprint density at radius 3 is 2.44 bits per heavy atom. The summed E-state index contributed by atoms with van der Waals surface area (Å²) in [5.74, 6) is -0.221. The Morgan fingerprint density at radius 2 is 1.78 bits per heavy atom. The summed E-state index contributed by atoms with van der Waals surface area (Å²) in [6.07, 6.45) is 2.65. The number of carbonyl (C=O) groups excluding carboxylic acids is 2. The molecule has 164 valence electrons. The number of benzene rings is 2. The molecule has 0 aliphatic rings. The van der Waals surface area contributed by atoms with Gasteiger partial charge in [-0.2, -0.15) is 0 Å². The van der Waals surface area contributed by atoms with Crippen molar-refractivity contribution < 1.29 is 9.59 Å². The summed E-state index contributed by atoms with van der Waals surface area (Å²) in [6, 6.07) is 18.7. The maximum Gasteiger partial charge on any atom is 0.258 e. The number of pyridine rings is 1. The maximum atomic E-state index is 12.9. The smallest absolute Gasteiger partial charge is 0.258 e. The lowest BCUT2D eigenvalue weighted by atomic mass is 10.1. The van der Waals surface area contributed by atoms with Crippen LogP contribution in [0.15, 0.2) is 71.9 Å². The molecule has 3 N–H and O–H groups in total. The van der Waals surface area contributed by atoms with Crippen molar-refractivity contribution in [1.29, 1.82) is 0 Å². The van der Waals surface area contributed by atoms with E-state index < -0.39 is 0 Å². The lowest BCUT2D eigenvalue weighted by Gasteiger charge is -2.13. The van der Waals surface area contributed by atoms with Crippen molar-refractivity contribution in [2.75, 3.05) is 10.6 Å². The van der Waals surface area contributed by atoms with Crippen molar-refractivity contribution >= 4 is 29.1 Å². The van der Waals surface area contributed by atoms with Crippen LogP contribution in [0, 0.1) is 6.92 Å². The number of carbonyl (C=O) groups is 2. The van der Waals surface area contributed by atoms with Crippen LogP contribution in [0.3, 0.4) is 0 Å². The predicted octanol–water partition coefficient (Wildman–Crippen LogP) is 4.31. The Morgan fingerprint density at radius 1 is 1.00 bits per heavy atom. The second kappa shape index (κ2) is 10.9. The first-order chi connectivity index (χ1) is 15.4. The fourth-order valence-corrected chi connectivity index (χ4v) is 2.99. The zero-order valence-corrected chi connectivity index (χ0v) is 18.5. The van der Waals surface area contributed by atoms with Gasteiger partial charge in [0, 0.05) is 30.1 Å². The van der Waals surface area contributed by atoms with Crippen molar-refractivity contribution in [3.8, 4) is 0 Å². The Kier molecular flexibility index (Phi) is 7.70. The minimum absolute atomic E-state index is 0.194. The van der Waals surface area contributed by atoms with Gasteiger partial charge in [0.25, 0.3) is 5.91 Å². The van der Waals surface area contributed by atoms with Crippen LogP contribution in [0.25, 0.3) is 0 Å². The SMILES string of the molecule is CCc1ccc(NC(=NCc2ccccn2)NC(=O)c2ccc(C)c(NC(C)=O)c2)cc1. The zero-order chi connectivity index (χ0) is 22.9. The van der Waals surface area contributed by atoms with Gasteiger partial charge >= 0.3 is 0 Å². The average Bonchev–Trinajstić information content (AvgIpc) is 2.79. The van der Waals surface area contributed by atoms with E-state index >= 15 is 0 Å². The standard InChI is InChI=1S/C25H27N5O2/c1-4-19-9-12-21(13-10-19)29-25(27-16-22-7-5-6-14-26-22)30-24(32)20-11-8-17(2)23(15-20)28-18(3)31/h5-15H,4,16H2,1-3H3,(H,28,31)(H2,27,29,30,32). The van der Waals surface area contributed by atoms with Crippen LogP contribution in [0.1, 0.15) is 41.0 Å². The molecule has 32 heavy (non-hydrogen) atoms. The second-order valence-electron chi connectivity index (χ2n) is 7.33. The highest BCUT2D eigenvalue weighted by atomic mass is 16.2. The van der Waals surface area contributed by atoms with E-state index in [1.807, 2.05) is 49.4 Å². The third kappa shape index (κ3) is 6.50. The molecule has 0 radical (unpaired) electrons. The van der Waals surface area contributed by atoms with Gasteiger partial charge < -0.3 is 10.6 Å². The fourth-order valence-electron chi connectivity index (χ4n) is 2.99. The summed E-state index contributed by atoms with van der Waals surface area (Å²) in [7, 11) is 0. The zero-order valence-electron chi connectivity index (χ0n) is 18.5. The molecule has 0 fully saturated rings. The number of aromatic nitrogens is 1. The van der Waals surface area contributed by atoms with Crippen molar-refractivity contribution in [2.45, 2.75) is 33.7 Å². The Hall–Kier alpha value is -4.00. The number of aliphatic imine (C=N–C) groups is 1. The summed E-state index contributed by atoms with van der Waals surface area (Å²) in [5, 5.41) is 8.77. The Bertz CT molecular complexity index is 1110. The first kappa shape index (κ1) is 22.7. The summed E-state index contributed by atoms with van der Waals surface area (Å²) in [5.41, 5.74) is 4.69. The largest absolute Gasteiger partial charge is 0.326 e. The number of nitrogens with one attached hydrogen (secondary N) is 3. The van der Waals surface area contributed by atoms with Gasteiger partial charge in [-0.15, -0.1) is 0 Å². The number of nitrogens with zero attached hydrogens (tertiary/aromatic N) is 2. The van der Waals surface area contributed by atoms with E-state index in [1.165, 1.54) is 12.5 Å². The first-order valence-corrected chi connectivity index (χ1v) is 10.4. The highest BCUT2D eigenvalue weighted by molar-refractivity contribution is 6.10. The summed E-state index contributed by atoms with van der Waals surface area (Å²) >= 11 is 0. The van der Waals surface area contributed by atoms with Gasteiger partial charge in [-0.25, -0.2) is 4.99 Å². The molecular formula is C25H27N5O2. The number of guanidine groups is 1. The molecule has 2 amide bonds. The van der Waals surface area contributed by atoms with E-state index in [4.69, 9.17) is 0 Å².